The van der Waals surface area contributed by atoms with Crippen LogP contribution in [0.1, 0.15) is 53.4 Å². The van der Waals surface area contributed by atoms with E-state index < -0.39 is 5.60 Å². The predicted molar refractivity (Wildman–Crippen MR) is 114 cm³/mol. The van der Waals surface area contributed by atoms with E-state index in [1.165, 1.54) is 38.9 Å². The lowest BCUT2D eigenvalue weighted by molar-refractivity contribution is 0.0247. The zero-order chi connectivity index (χ0) is 20.1. The number of likely N-dealkylation sites (tertiary alicyclic amines) is 1. The van der Waals surface area contributed by atoms with Crippen LogP contribution in [0.3, 0.4) is 0 Å². The molecule has 3 aliphatic heterocycles. The summed E-state index contributed by atoms with van der Waals surface area (Å²) in [5.74, 6) is 1.63. The van der Waals surface area contributed by atoms with Crippen LogP contribution in [0, 0.1) is 11.8 Å². The lowest BCUT2D eigenvalue weighted by atomic mass is 9.89. The summed E-state index contributed by atoms with van der Waals surface area (Å²) in [6, 6.07) is 0.590. The molecule has 0 aliphatic carbocycles. The molecular formula is C22H42N4O2. The van der Waals surface area contributed by atoms with Crippen LogP contribution in [-0.4, -0.2) is 91.3 Å². The molecule has 3 aliphatic rings. The Morgan fingerprint density at radius 1 is 1.04 bits per heavy atom. The van der Waals surface area contributed by atoms with Crippen LogP contribution in [-0.2, 0) is 4.74 Å². The highest BCUT2D eigenvalue weighted by molar-refractivity contribution is 5.68. The van der Waals surface area contributed by atoms with Gasteiger partial charge >= 0.3 is 6.09 Å². The van der Waals surface area contributed by atoms with E-state index in [0.717, 1.165) is 57.5 Å². The molecule has 2 atom stereocenters. The highest BCUT2D eigenvalue weighted by Crippen LogP contribution is 2.24. The summed E-state index contributed by atoms with van der Waals surface area (Å²) in [6.07, 6.45) is 4.84. The van der Waals surface area contributed by atoms with Crippen LogP contribution < -0.4 is 5.32 Å². The van der Waals surface area contributed by atoms with Crippen molar-refractivity contribution in [3.63, 3.8) is 0 Å². The van der Waals surface area contributed by atoms with E-state index in [0.29, 0.717) is 6.04 Å². The first-order valence-corrected chi connectivity index (χ1v) is 11.5. The van der Waals surface area contributed by atoms with E-state index in [1.807, 2.05) is 25.7 Å². The molecule has 0 radical (unpaired) electrons. The molecule has 3 heterocycles. The fourth-order valence-corrected chi connectivity index (χ4v) is 4.89. The van der Waals surface area contributed by atoms with Gasteiger partial charge in [-0.2, -0.15) is 0 Å². The van der Waals surface area contributed by atoms with Crippen molar-refractivity contribution < 1.29 is 9.53 Å². The zero-order valence-electron chi connectivity index (χ0n) is 18.6. The van der Waals surface area contributed by atoms with Gasteiger partial charge in [-0.05, 0) is 77.9 Å². The summed E-state index contributed by atoms with van der Waals surface area (Å²) in [5, 5.41) is 3.63. The molecule has 0 saturated carbocycles. The number of carbonyl (C=O) groups excluding carboxylic acids is 1. The number of nitrogens with zero attached hydrogens (tertiary/aromatic N) is 3. The van der Waals surface area contributed by atoms with E-state index in [-0.39, 0.29) is 6.09 Å². The second-order valence-corrected chi connectivity index (χ2v) is 10.2. The van der Waals surface area contributed by atoms with Gasteiger partial charge in [0.05, 0.1) is 0 Å². The first kappa shape index (κ1) is 21.8. The Labute approximate surface area is 171 Å². The maximum atomic E-state index is 12.5. The molecule has 3 rings (SSSR count). The first-order valence-electron chi connectivity index (χ1n) is 11.5. The van der Waals surface area contributed by atoms with Crippen molar-refractivity contribution in [2.24, 2.45) is 11.8 Å². The summed E-state index contributed by atoms with van der Waals surface area (Å²) in [6.45, 7) is 17.8. The van der Waals surface area contributed by atoms with E-state index in [9.17, 15) is 4.79 Å². The van der Waals surface area contributed by atoms with Crippen LogP contribution in [0.4, 0.5) is 4.79 Å². The number of carbonyl (C=O) groups is 1. The Balaban J connectivity index is 1.54. The highest BCUT2D eigenvalue weighted by atomic mass is 16.6. The SMILES string of the molecule is CC1CCN(CC2CCNCC2N2CCCN(C(=O)OC(C)(C)C)CC2)CC1. The molecule has 6 heteroatoms. The van der Waals surface area contributed by atoms with Crippen molar-refractivity contribution in [2.75, 3.05) is 58.9 Å². The van der Waals surface area contributed by atoms with Gasteiger partial charge in [-0.15, -0.1) is 0 Å². The van der Waals surface area contributed by atoms with E-state index >= 15 is 0 Å². The van der Waals surface area contributed by atoms with Gasteiger partial charge in [-0.25, -0.2) is 4.79 Å². The number of ether oxygens (including phenoxy) is 1. The molecule has 6 nitrogen and oxygen atoms in total. The molecule has 28 heavy (non-hydrogen) atoms. The van der Waals surface area contributed by atoms with Crippen molar-refractivity contribution in [3.05, 3.63) is 0 Å². The van der Waals surface area contributed by atoms with Crippen molar-refractivity contribution in [2.45, 2.75) is 65.0 Å². The summed E-state index contributed by atoms with van der Waals surface area (Å²) in [7, 11) is 0. The van der Waals surface area contributed by atoms with Crippen LogP contribution in [0.2, 0.25) is 0 Å². The van der Waals surface area contributed by atoms with E-state index in [4.69, 9.17) is 4.74 Å². The molecule has 0 aromatic heterocycles. The van der Waals surface area contributed by atoms with Gasteiger partial charge in [0.1, 0.15) is 5.60 Å². The standard InChI is InChI=1S/C22H42N4O2/c1-18-7-12-24(13-8-18)17-19-6-9-23-16-20(19)25-10-5-11-26(15-14-25)21(27)28-22(2,3)4/h18-20,23H,5-17H2,1-4H3. The minimum atomic E-state index is -0.423. The number of nitrogens with one attached hydrogen (secondary N) is 1. The van der Waals surface area contributed by atoms with Gasteiger partial charge in [0.2, 0.25) is 0 Å². The summed E-state index contributed by atoms with van der Waals surface area (Å²) in [4.78, 5) is 19.7. The molecule has 0 aromatic rings. The topological polar surface area (TPSA) is 48.0 Å². The maximum absolute atomic E-state index is 12.5. The van der Waals surface area contributed by atoms with Crippen LogP contribution in [0.15, 0.2) is 0 Å². The normalized spacial score (nSPS) is 29.5. The first-order chi connectivity index (χ1) is 13.3. The zero-order valence-corrected chi connectivity index (χ0v) is 18.6. The summed E-state index contributed by atoms with van der Waals surface area (Å²) < 4.78 is 5.59. The predicted octanol–water partition coefficient (Wildman–Crippen LogP) is 2.64. The van der Waals surface area contributed by atoms with Gasteiger partial charge in [-0.1, -0.05) is 6.92 Å². The number of hydrogen-bond acceptors (Lipinski definition) is 5. The summed E-state index contributed by atoms with van der Waals surface area (Å²) >= 11 is 0. The average molecular weight is 395 g/mol. The largest absolute Gasteiger partial charge is 0.444 e. The molecular weight excluding hydrogens is 352 g/mol. The Kier molecular flexibility index (Phi) is 7.62. The monoisotopic (exact) mass is 394 g/mol. The van der Waals surface area contributed by atoms with Crippen molar-refractivity contribution in [1.29, 1.82) is 0 Å². The average Bonchev–Trinajstić information content (AvgIpc) is 2.89. The molecule has 0 aromatic carbocycles. The molecule has 3 fully saturated rings. The summed E-state index contributed by atoms with van der Waals surface area (Å²) in [5.41, 5.74) is -0.423. The molecule has 0 spiro atoms. The van der Waals surface area contributed by atoms with Gasteiger partial charge in [0, 0.05) is 45.3 Å². The van der Waals surface area contributed by atoms with Gasteiger partial charge in [0.25, 0.3) is 0 Å². The molecule has 2 unspecified atom stereocenters. The Hall–Kier alpha value is -0.850. The quantitative estimate of drug-likeness (QED) is 0.797. The van der Waals surface area contributed by atoms with Gasteiger partial charge < -0.3 is 19.9 Å². The lowest BCUT2D eigenvalue weighted by Crippen LogP contribution is -2.55. The second kappa shape index (κ2) is 9.77. The maximum Gasteiger partial charge on any atom is 0.410 e. The number of amides is 1. The minimum Gasteiger partial charge on any atom is -0.444 e. The Morgan fingerprint density at radius 2 is 1.79 bits per heavy atom. The number of piperidine rings is 2. The third-order valence-electron chi connectivity index (χ3n) is 6.61. The van der Waals surface area contributed by atoms with E-state index in [2.05, 4.69) is 22.0 Å². The van der Waals surface area contributed by atoms with Gasteiger partial charge in [0.15, 0.2) is 0 Å². The third kappa shape index (κ3) is 6.33. The van der Waals surface area contributed by atoms with Crippen LogP contribution >= 0.6 is 0 Å². The van der Waals surface area contributed by atoms with Crippen LogP contribution in [0.5, 0.6) is 0 Å². The Morgan fingerprint density at radius 3 is 2.50 bits per heavy atom. The fraction of sp³-hybridized carbons (Fsp3) is 0.955. The van der Waals surface area contributed by atoms with Crippen molar-refractivity contribution in [1.82, 2.24) is 20.0 Å². The molecule has 0 bridgehead atoms. The molecule has 1 N–H and O–H groups in total. The molecule has 162 valence electrons. The third-order valence-corrected chi connectivity index (χ3v) is 6.61. The van der Waals surface area contributed by atoms with Gasteiger partial charge in [-0.3, -0.25) is 4.90 Å². The van der Waals surface area contributed by atoms with Crippen molar-refractivity contribution in [3.8, 4) is 0 Å². The smallest absolute Gasteiger partial charge is 0.410 e. The fourth-order valence-electron chi connectivity index (χ4n) is 4.89. The highest BCUT2D eigenvalue weighted by Gasteiger charge is 2.34. The number of hydrogen-bond donors (Lipinski definition) is 1. The minimum absolute atomic E-state index is 0.157. The van der Waals surface area contributed by atoms with E-state index in [1.54, 1.807) is 0 Å². The number of rotatable bonds is 3. The molecule has 1 amide bonds. The Bertz CT molecular complexity index is 499. The van der Waals surface area contributed by atoms with Crippen molar-refractivity contribution >= 4 is 6.09 Å². The second-order valence-electron chi connectivity index (χ2n) is 10.2. The molecule has 3 saturated heterocycles. The van der Waals surface area contributed by atoms with Crippen LogP contribution in [0.25, 0.3) is 0 Å². The lowest BCUT2D eigenvalue weighted by Gasteiger charge is -2.43.